The van der Waals surface area contributed by atoms with Crippen molar-refractivity contribution in [3.05, 3.63) is 0 Å². The minimum absolute atomic E-state index is 0.715. The predicted octanol–water partition coefficient (Wildman–Crippen LogP) is 3.69. The molecule has 15 heavy (non-hydrogen) atoms. The Kier molecular flexibility index (Phi) is 6.74. The van der Waals surface area contributed by atoms with Crippen molar-refractivity contribution >= 4 is 11.8 Å². The van der Waals surface area contributed by atoms with Gasteiger partial charge in [0.05, 0.1) is 0 Å². The van der Waals surface area contributed by atoms with Crippen LogP contribution in [-0.4, -0.2) is 23.6 Å². The van der Waals surface area contributed by atoms with Gasteiger partial charge in [0.15, 0.2) is 0 Å². The van der Waals surface area contributed by atoms with Gasteiger partial charge in [-0.25, -0.2) is 0 Å². The van der Waals surface area contributed by atoms with Gasteiger partial charge in [-0.15, -0.1) is 0 Å². The molecule has 90 valence electrons. The van der Waals surface area contributed by atoms with Gasteiger partial charge in [-0.2, -0.15) is 11.8 Å². The van der Waals surface area contributed by atoms with Crippen LogP contribution < -0.4 is 5.32 Å². The fourth-order valence-corrected chi connectivity index (χ4v) is 3.28. The molecule has 1 heterocycles. The number of thioether (sulfide) groups is 1. The molecule has 0 aromatic carbocycles. The summed E-state index contributed by atoms with van der Waals surface area (Å²) >= 11 is 2.11. The molecule has 1 N–H and O–H groups in total. The van der Waals surface area contributed by atoms with Crippen LogP contribution in [0.2, 0.25) is 0 Å². The summed E-state index contributed by atoms with van der Waals surface area (Å²) in [5, 5.41) is 3.77. The van der Waals surface area contributed by atoms with E-state index in [1.54, 1.807) is 0 Å². The first-order valence-corrected chi connectivity index (χ1v) is 7.67. The van der Waals surface area contributed by atoms with Gasteiger partial charge in [-0.3, -0.25) is 0 Å². The van der Waals surface area contributed by atoms with Crippen molar-refractivity contribution in [2.75, 3.05) is 11.5 Å². The summed E-state index contributed by atoms with van der Waals surface area (Å²) in [4.78, 5) is 0. The van der Waals surface area contributed by atoms with E-state index in [0.29, 0.717) is 6.04 Å². The van der Waals surface area contributed by atoms with E-state index in [1.165, 1.54) is 43.6 Å². The van der Waals surface area contributed by atoms with Crippen molar-refractivity contribution in [3.63, 3.8) is 0 Å². The van der Waals surface area contributed by atoms with Gasteiger partial charge >= 0.3 is 0 Å². The smallest absolute Gasteiger partial charge is 0.0160 e. The average molecular weight is 229 g/mol. The van der Waals surface area contributed by atoms with Crippen molar-refractivity contribution in [2.45, 2.75) is 65.0 Å². The number of rotatable bonds is 6. The molecule has 1 aliphatic heterocycles. The van der Waals surface area contributed by atoms with Crippen LogP contribution in [-0.2, 0) is 0 Å². The molecule has 1 rings (SSSR count). The van der Waals surface area contributed by atoms with Crippen LogP contribution in [0, 0.1) is 5.92 Å². The van der Waals surface area contributed by atoms with Gasteiger partial charge in [-0.05, 0) is 37.9 Å². The summed E-state index contributed by atoms with van der Waals surface area (Å²) in [7, 11) is 0. The zero-order valence-corrected chi connectivity index (χ0v) is 11.4. The Labute approximate surface area is 99.8 Å². The fraction of sp³-hybridized carbons (Fsp3) is 1.00. The van der Waals surface area contributed by atoms with E-state index in [-0.39, 0.29) is 0 Å². The lowest BCUT2D eigenvalue weighted by molar-refractivity contribution is 0.404. The van der Waals surface area contributed by atoms with Gasteiger partial charge in [-0.1, -0.05) is 26.7 Å². The Morgan fingerprint density at radius 2 is 2.07 bits per heavy atom. The quantitative estimate of drug-likeness (QED) is 0.745. The molecule has 0 radical (unpaired) electrons. The van der Waals surface area contributed by atoms with Gasteiger partial charge in [0.25, 0.3) is 0 Å². The standard InChI is InChI=1S/C13H27NS/c1-11(2)6-4-7-12(3)14-13-8-5-9-15-10-13/h11-14H,4-10H2,1-3H3. The van der Waals surface area contributed by atoms with Crippen molar-refractivity contribution in [1.29, 1.82) is 0 Å². The normalized spacial score (nSPS) is 24.4. The number of hydrogen-bond acceptors (Lipinski definition) is 2. The van der Waals surface area contributed by atoms with Crippen LogP contribution in [0.15, 0.2) is 0 Å². The lowest BCUT2D eigenvalue weighted by Gasteiger charge is -2.26. The van der Waals surface area contributed by atoms with Gasteiger partial charge in [0.2, 0.25) is 0 Å². The number of nitrogens with one attached hydrogen (secondary N) is 1. The third-order valence-electron chi connectivity index (χ3n) is 3.10. The minimum Gasteiger partial charge on any atom is -0.311 e. The first-order valence-electron chi connectivity index (χ1n) is 6.52. The summed E-state index contributed by atoms with van der Waals surface area (Å²) in [6, 6.07) is 1.50. The van der Waals surface area contributed by atoms with E-state index < -0.39 is 0 Å². The van der Waals surface area contributed by atoms with Crippen LogP contribution in [0.4, 0.5) is 0 Å². The molecule has 1 aliphatic rings. The van der Waals surface area contributed by atoms with Gasteiger partial charge in [0.1, 0.15) is 0 Å². The third kappa shape index (κ3) is 6.47. The number of hydrogen-bond donors (Lipinski definition) is 1. The molecule has 0 saturated carbocycles. The molecule has 0 aliphatic carbocycles. The van der Waals surface area contributed by atoms with E-state index in [4.69, 9.17) is 0 Å². The topological polar surface area (TPSA) is 12.0 Å². The monoisotopic (exact) mass is 229 g/mol. The molecule has 0 amide bonds. The Morgan fingerprint density at radius 1 is 1.27 bits per heavy atom. The molecule has 2 atom stereocenters. The van der Waals surface area contributed by atoms with Crippen molar-refractivity contribution < 1.29 is 0 Å². The molecule has 2 heteroatoms. The molecule has 0 aromatic heterocycles. The Balaban J connectivity index is 2.03. The summed E-state index contributed by atoms with van der Waals surface area (Å²) in [5.41, 5.74) is 0. The maximum atomic E-state index is 3.77. The maximum absolute atomic E-state index is 3.77. The van der Waals surface area contributed by atoms with Gasteiger partial charge < -0.3 is 5.32 Å². The van der Waals surface area contributed by atoms with Crippen LogP contribution >= 0.6 is 11.8 Å². The van der Waals surface area contributed by atoms with E-state index in [1.807, 2.05) is 0 Å². The summed E-state index contributed by atoms with van der Waals surface area (Å²) < 4.78 is 0. The molecule has 0 bridgehead atoms. The highest BCUT2D eigenvalue weighted by molar-refractivity contribution is 7.99. The third-order valence-corrected chi connectivity index (χ3v) is 4.31. The lowest BCUT2D eigenvalue weighted by atomic mass is 10.0. The molecule has 1 nitrogen and oxygen atoms in total. The van der Waals surface area contributed by atoms with Crippen molar-refractivity contribution in [1.82, 2.24) is 5.32 Å². The van der Waals surface area contributed by atoms with Crippen LogP contribution in [0.5, 0.6) is 0 Å². The largest absolute Gasteiger partial charge is 0.311 e. The van der Waals surface area contributed by atoms with Crippen LogP contribution in [0.25, 0.3) is 0 Å². The molecule has 1 saturated heterocycles. The second kappa shape index (κ2) is 7.56. The van der Waals surface area contributed by atoms with Gasteiger partial charge in [0, 0.05) is 17.8 Å². The Bertz CT molecular complexity index is 153. The molecular weight excluding hydrogens is 202 g/mol. The molecule has 0 aromatic rings. The second-order valence-corrected chi connectivity index (χ2v) is 6.46. The van der Waals surface area contributed by atoms with E-state index in [2.05, 4.69) is 37.8 Å². The summed E-state index contributed by atoms with van der Waals surface area (Å²) in [6.07, 6.45) is 6.90. The highest BCUT2D eigenvalue weighted by Crippen LogP contribution is 2.18. The molecule has 0 spiro atoms. The molecule has 2 unspecified atom stereocenters. The first-order chi connectivity index (χ1) is 7.18. The van der Waals surface area contributed by atoms with Crippen molar-refractivity contribution in [2.24, 2.45) is 5.92 Å². The fourth-order valence-electron chi connectivity index (χ4n) is 2.19. The zero-order chi connectivity index (χ0) is 11.1. The lowest BCUT2D eigenvalue weighted by Crippen LogP contribution is -2.39. The SMILES string of the molecule is CC(C)CCCC(C)NC1CCCSC1. The van der Waals surface area contributed by atoms with E-state index >= 15 is 0 Å². The Morgan fingerprint density at radius 3 is 2.67 bits per heavy atom. The van der Waals surface area contributed by atoms with Crippen LogP contribution in [0.3, 0.4) is 0 Å². The zero-order valence-electron chi connectivity index (χ0n) is 10.6. The van der Waals surface area contributed by atoms with E-state index in [0.717, 1.165) is 12.0 Å². The first kappa shape index (κ1) is 13.4. The molecule has 1 fully saturated rings. The summed E-state index contributed by atoms with van der Waals surface area (Å²) in [6.45, 7) is 6.98. The Hall–Kier alpha value is 0.310. The summed E-state index contributed by atoms with van der Waals surface area (Å²) in [5.74, 6) is 3.57. The van der Waals surface area contributed by atoms with Crippen molar-refractivity contribution in [3.8, 4) is 0 Å². The van der Waals surface area contributed by atoms with E-state index in [9.17, 15) is 0 Å². The highest BCUT2D eigenvalue weighted by Gasteiger charge is 2.15. The highest BCUT2D eigenvalue weighted by atomic mass is 32.2. The molecular formula is C13H27NS. The minimum atomic E-state index is 0.715. The van der Waals surface area contributed by atoms with Crippen LogP contribution in [0.1, 0.15) is 52.9 Å². The second-order valence-electron chi connectivity index (χ2n) is 5.31. The predicted molar refractivity (Wildman–Crippen MR) is 71.6 cm³/mol. The average Bonchev–Trinajstić information content (AvgIpc) is 2.18. The maximum Gasteiger partial charge on any atom is 0.0160 e.